The van der Waals surface area contributed by atoms with Crippen LogP contribution in [0.4, 0.5) is 14.9 Å². The Morgan fingerprint density at radius 3 is 2.23 bits per heavy atom. The number of amides is 1. The number of halogens is 1. The minimum Gasteiger partial charge on any atom is -0.444 e. The fraction of sp³-hybridized carbons (Fsp3) is 0.409. The molecule has 0 atom stereocenters. The zero-order chi connectivity index (χ0) is 22.6. The predicted octanol–water partition coefficient (Wildman–Crippen LogP) is 3.68. The molecule has 0 unspecified atom stereocenters. The van der Waals surface area contributed by atoms with Crippen molar-refractivity contribution in [3.63, 3.8) is 0 Å². The lowest BCUT2D eigenvalue weighted by Crippen LogP contribution is -2.49. The molecule has 168 valence electrons. The smallest absolute Gasteiger partial charge is 0.410 e. The van der Waals surface area contributed by atoms with Gasteiger partial charge >= 0.3 is 6.09 Å². The molecule has 1 aliphatic heterocycles. The van der Waals surface area contributed by atoms with Gasteiger partial charge in [-0.05, 0) is 50.6 Å². The molecule has 1 aliphatic rings. The van der Waals surface area contributed by atoms with Crippen molar-refractivity contribution in [3.05, 3.63) is 59.9 Å². The molecule has 1 heterocycles. The molecule has 0 spiro atoms. The molecule has 9 heteroatoms. The van der Waals surface area contributed by atoms with E-state index in [1.54, 1.807) is 17.0 Å². The second-order valence-electron chi connectivity index (χ2n) is 8.48. The van der Waals surface area contributed by atoms with Gasteiger partial charge in [-0.15, -0.1) is 0 Å². The summed E-state index contributed by atoms with van der Waals surface area (Å²) in [5.74, 6) is -0.794. The molecule has 31 heavy (non-hydrogen) atoms. The number of nitrogens with zero attached hydrogens (tertiary/aromatic N) is 2. The Morgan fingerprint density at radius 1 is 1.03 bits per heavy atom. The van der Waals surface area contributed by atoms with Crippen LogP contribution in [-0.2, 0) is 21.3 Å². The second kappa shape index (κ2) is 9.23. The predicted molar refractivity (Wildman–Crippen MR) is 117 cm³/mol. The van der Waals surface area contributed by atoms with Crippen LogP contribution >= 0.6 is 0 Å². The molecule has 0 saturated carbocycles. The van der Waals surface area contributed by atoms with Crippen LogP contribution in [0.5, 0.6) is 0 Å². The number of hydrogen-bond donors (Lipinski definition) is 1. The highest BCUT2D eigenvalue weighted by molar-refractivity contribution is 7.92. The van der Waals surface area contributed by atoms with Gasteiger partial charge in [0.05, 0.1) is 0 Å². The number of sulfonamides is 1. The molecule has 0 radical (unpaired) electrons. The van der Waals surface area contributed by atoms with Crippen LogP contribution in [0.15, 0.2) is 53.4 Å². The van der Waals surface area contributed by atoms with Gasteiger partial charge in [-0.1, -0.05) is 24.3 Å². The molecule has 1 amide bonds. The summed E-state index contributed by atoms with van der Waals surface area (Å²) in [6, 6.07) is 12.2. The van der Waals surface area contributed by atoms with E-state index in [9.17, 15) is 17.6 Å². The molecule has 7 nitrogen and oxygen atoms in total. The molecular weight excluding hydrogens is 421 g/mol. The minimum atomic E-state index is -4.00. The van der Waals surface area contributed by atoms with Crippen molar-refractivity contribution < 1.29 is 22.3 Å². The normalized spacial score (nSPS) is 15.5. The first-order valence-corrected chi connectivity index (χ1v) is 11.6. The molecule has 1 N–H and O–H groups in total. The fourth-order valence-electron chi connectivity index (χ4n) is 3.22. The Balaban J connectivity index is 1.54. The average Bonchev–Trinajstić information content (AvgIpc) is 2.69. The summed E-state index contributed by atoms with van der Waals surface area (Å²) >= 11 is 0. The van der Waals surface area contributed by atoms with Crippen molar-refractivity contribution in [1.29, 1.82) is 0 Å². The summed E-state index contributed by atoms with van der Waals surface area (Å²) in [7, 11) is -4.00. The van der Waals surface area contributed by atoms with Gasteiger partial charge in [0.25, 0.3) is 10.0 Å². The van der Waals surface area contributed by atoms with Gasteiger partial charge < -0.3 is 9.64 Å². The summed E-state index contributed by atoms with van der Waals surface area (Å²) in [6.45, 7) is 8.86. The van der Waals surface area contributed by atoms with Gasteiger partial charge in [0, 0.05) is 38.4 Å². The van der Waals surface area contributed by atoms with E-state index in [1.807, 2.05) is 32.9 Å². The van der Waals surface area contributed by atoms with Crippen LogP contribution in [0.3, 0.4) is 0 Å². The maximum Gasteiger partial charge on any atom is 0.410 e. The minimum absolute atomic E-state index is 0.293. The van der Waals surface area contributed by atoms with Crippen LogP contribution in [0.2, 0.25) is 0 Å². The van der Waals surface area contributed by atoms with Crippen LogP contribution in [0, 0.1) is 5.82 Å². The Morgan fingerprint density at radius 2 is 1.65 bits per heavy atom. The monoisotopic (exact) mass is 449 g/mol. The van der Waals surface area contributed by atoms with Crippen molar-refractivity contribution in [2.24, 2.45) is 0 Å². The summed E-state index contributed by atoms with van der Waals surface area (Å²) in [5.41, 5.74) is 0.866. The molecule has 0 aliphatic carbocycles. The molecular formula is C22H28FN3O4S. The van der Waals surface area contributed by atoms with Crippen LogP contribution < -0.4 is 4.72 Å². The zero-order valence-corrected chi connectivity index (χ0v) is 18.8. The second-order valence-corrected chi connectivity index (χ2v) is 10.1. The standard InChI is InChI=1S/C22H28FN3O4S/c1-22(2,3)30-21(27)26-14-12-25(13-15-26)16-17-8-10-18(11-9-17)24-31(28,29)20-7-5-4-6-19(20)23/h4-11,24H,12-16H2,1-3H3. The average molecular weight is 450 g/mol. The number of carbonyl (C=O) groups is 1. The van der Waals surface area contributed by atoms with E-state index < -0.39 is 21.4 Å². The Kier molecular flexibility index (Phi) is 6.86. The van der Waals surface area contributed by atoms with E-state index in [0.717, 1.165) is 24.7 Å². The number of benzene rings is 2. The van der Waals surface area contributed by atoms with Crippen molar-refractivity contribution >= 4 is 21.8 Å². The quantitative estimate of drug-likeness (QED) is 0.753. The van der Waals surface area contributed by atoms with E-state index in [4.69, 9.17) is 4.74 Å². The summed E-state index contributed by atoms with van der Waals surface area (Å²) in [4.78, 5) is 15.7. The molecule has 3 rings (SSSR count). The lowest BCUT2D eigenvalue weighted by Gasteiger charge is -2.35. The summed E-state index contributed by atoms with van der Waals surface area (Å²) in [6.07, 6.45) is -0.293. The zero-order valence-electron chi connectivity index (χ0n) is 18.0. The maximum atomic E-state index is 13.8. The van der Waals surface area contributed by atoms with Crippen LogP contribution in [0.1, 0.15) is 26.3 Å². The van der Waals surface area contributed by atoms with Crippen LogP contribution in [-0.4, -0.2) is 56.1 Å². The van der Waals surface area contributed by atoms with Gasteiger partial charge in [-0.3, -0.25) is 9.62 Å². The van der Waals surface area contributed by atoms with E-state index >= 15 is 0 Å². The Bertz CT molecular complexity index is 1010. The van der Waals surface area contributed by atoms with Gasteiger partial charge in [-0.25, -0.2) is 17.6 Å². The highest BCUT2D eigenvalue weighted by Gasteiger charge is 2.26. The summed E-state index contributed by atoms with van der Waals surface area (Å²) in [5, 5.41) is 0. The molecule has 0 bridgehead atoms. The van der Waals surface area contributed by atoms with Crippen LogP contribution in [0.25, 0.3) is 0 Å². The van der Waals surface area contributed by atoms with E-state index in [0.29, 0.717) is 25.3 Å². The third-order valence-electron chi connectivity index (χ3n) is 4.76. The number of ether oxygens (including phenoxy) is 1. The van der Waals surface area contributed by atoms with Crippen molar-refractivity contribution in [2.75, 3.05) is 30.9 Å². The third kappa shape index (κ3) is 6.41. The highest BCUT2D eigenvalue weighted by atomic mass is 32.2. The number of piperazine rings is 1. The Hall–Kier alpha value is -2.65. The summed E-state index contributed by atoms with van der Waals surface area (Å²) < 4.78 is 46.4. The SMILES string of the molecule is CC(C)(C)OC(=O)N1CCN(Cc2ccc(NS(=O)(=O)c3ccccc3F)cc2)CC1. The third-order valence-corrected chi connectivity index (χ3v) is 6.18. The number of carbonyl (C=O) groups excluding carboxylic acids is 1. The van der Waals surface area contributed by atoms with E-state index in [-0.39, 0.29) is 11.0 Å². The lowest BCUT2D eigenvalue weighted by atomic mass is 10.2. The first-order valence-electron chi connectivity index (χ1n) is 10.1. The number of hydrogen-bond acceptors (Lipinski definition) is 5. The van der Waals surface area contributed by atoms with Crippen molar-refractivity contribution in [2.45, 2.75) is 37.8 Å². The fourth-order valence-corrected chi connectivity index (χ4v) is 4.36. The van der Waals surface area contributed by atoms with E-state index in [2.05, 4.69) is 9.62 Å². The topological polar surface area (TPSA) is 79.0 Å². The Labute approximate surface area is 182 Å². The largest absolute Gasteiger partial charge is 0.444 e. The molecule has 1 saturated heterocycles. The maximum absolute atomic E-state index is 13.8. The van der Waals surface area contributed by atoms with Crippen molar-refractivity contribution in [3.8, 4) is 0 Å². The molecule has 0 aromatic heterocycles. The van der Waals surface area contributed by atoms with Gasteiger partial charge in [0.15, 0.2) is 0 Å². The number of rotatable bonds is 5. The number of nitrogens with one attached hydrogen (secondary N) is 1. The molecule has 2 aromatic rings. The van der Waals surface area contributed by atoms with E-state index in [1.165, 1.54) is 18.2 Å². The van der Waals surface area contributed by atoms with Gasteiger partial charge in [0.2, 0.25) is 0 Å². The highest BCUT2D eigenvalue weighted by Crippen LogP contribution is 2.20. The lowest BCUT2D eigenvalue weighted by molar-refractivity contribution is 0.0139. The number of anilines is 1. The first-order chi connectivity index (χ1) is 14.5. The first kappa shape index (κ1) is 23.0. The molecule has 1 fully saturated rings. The van der Waals surface area contributed by atoms with Gasteiger partial charge in [-0.2, -0.15) is 0 Å². The van der Waals surface area contributed by atoms with Gasteiger partial charge in [0.1, 0.15) is 16.3 Å². The van der Waals surface area contributed by atoms with Crippen molar-refractivity contribution in [1.82, 2.24) is 9.80 Å². The molecule has 2 aromatic carbocycles.